The first-order chi connectivity index (χ1) is 18.3. The lowest BCUT2D eigenvalue weighted by Crippen LogP contribution is -2.32. The van der Waals surface area contributed by atoms with Crippen molar-refractivity contribution >= 4 is 40.5 Å². The molecule has 3 heterocycles. The van der Waals surface area contributed by atoms with E-state index >= 15 is 0 Å². The minimum absolute atomic E-state index is 0.0572. The highest BCUT2D eigenvalue weighted by atomic mass is 35.5. The average Bonchev–Trinajstić information content (AvgIpc) is 3.39. The monoisotopic (exact) mass is 543 g/mol. The number of anilines is 1. The van der Waals surface area contributed by atoms with Crippen molar-refractivity contribution < 1.29 is 4.79 Å². The summed E-state index contributed by atoms with van der Waals surface area (Å²) >= 11 is 12.4. The number of aryl methyl sites for hydroxylation is 2. The van der Waals surface area contributed by atoms with Gasteiger partial charge >= 0.3 is 0 Å². The molecular formula is C30H30ClN5OS. The number of pyridine rings is 1. The van der Waals surface area contributed by atoms with E-state index in [2.05, 4.69) is 45.0 Å². The lowest BCUT2D eigenvalue weighted by Gasteiger charge is -2.28. The first-order valence-electron chi connectivity index (χ1n) is 12.6. The Morgan fingerprint density at radius 2 is 1.79 bits per heavy atom. The highest BCUT2D eigenvalue weighted by molar-refractivity contribution is 7.80. The third-order valence-corrected chi connectivity index (χ3v) is 7.67. The number of nitrogens with one attached hydrogen (secondary N) is 2. The maximum Gasteiger partial charge on any atom is 0.226 e. The molecule has 0 saturated carbocycles. The largest absolute Gasteiger partial charge is 0.352 e. The van der Waals surface area contributed by atoms with Crippen molar-refractivity contribution in [2.45, 2.75) is 39.3 Å². The Morgan fingerprint density at radius 3 is 2.50 bits per heavy atom. The third-order valence-electron chi connectivity index (χ3n) is 7.00. The molecule has 194 valence electrons. The number of amides is 1. The van der Waals surface area contributed by atoms with Crippen LogP contribution in [0, 0.1) is 20.8 Å². The fourth-order valence-electron chi connectivity index (χ4n) is 5.16. The molecule has 0 bridgehead atoms. The second-order valence-electron chi connectivity index (χ2n) is 9.60. The van der Waals surface area contributed by atoms with E-state index in [0.29, 0.717) is 23.1 Å². The van der Waals surface area contributed by atoms with Gasteiger partial charge in [0.1, 0.15) is 0 Å². The lowest BCUT2D eigenvalue weighted by atomic mass is 9.96. The summed E-state index contributed by atoms with van der Waals surface area (Å²) < 4.78 is 2.18. The molecular weight excluding hydrogens is 514 g/mol. The Morgan fingerprint density at radius 1 is 1.05 bits per heavy atom. The van der Waals surface area contributed by atoms with E-state index in [-0.39, 0.29) is 18.0 Å². The molecule has 1 amide bonds. The van der Waals surface area contributed by atoms with Crippen LogP contribution >= 0.6 is 23.8 Å². The van der Waals surface area contributed by atoms with Crippen molar-refractivity contribution in [2.24, 2.45) is 0 Å². The summed E-state index contributed by atoms with van der Waals surface area (Å²) in [5.41, 5.74) is 7.02. The van der Waals surface area contributed by atoms with Crippen molar-refractivity contribution in [3.05, 3.63) is 112 Å². The summed E-state index contributed by atoms with van der Waals surface area (Å²) in [6.07, 6.45) is 2.09. The number of carbonyl (C=O) groups is 1. The molecule has 1 aliphatic heterocycles. The molecule has 2 aromatic carbocycles. The normalized spacial score (nSPS) is 16.9. The molecule has 38 heavy (non-hydrogen) atoms. The van der Waals surface area contributed by atoms with Gasteiger partial charge in [0.15, 0.2) is 5.11 Å². The minimum Gasteiger partial charge on any atom is -0.352 e. The zero-order valence-electron chi connectivity index (χ0n) is 21.6. The minimum atomic E-state index is -0.163. The van der Waals surface area contributed by atoms with E-state index in [4.69, 9.17) is 23.8 Å². The van der Waals surface area contributed by atoms with Gasteiger partial charge in [0.25, 0.3) is 0 Å². The lowest BCUT2D eigenvalue weighted by molar-refractivity contribution is -0.116. The van der Waals surface area contributed by atoms with Gasteiger partial charge < -0.3 is 20.1 Å². The average molecular weight is 544 g/mol. The van der Waals surface area contributed by atoms with Gasteiger partial charge in [0.05, 0.1) is 28.5 Å². The molecule has 2 aromatic heterocycles. The quantitative estimate of drug-likeness (QED) is 0.262. The van der Waals surface area contributed by atoms with Crippen molar-refractivity contribution in [3.8, 4) is 5.69 Å². The number of hydrogen-bond acceptors (Lipinski definition) is 3. The van der Waals surface area contributed by atoms with Crippen LogP contribution < -0.4 is 10.6 Å². The standard InChI is InChI=1S/C30H30ClN5OS/c1-19-11-13-22(14-12-19)33-27(37)15-17-35-29(28(34-30(35)38)25-9-6-7-16-32-25)23-18-20(2)36(21(23)3)26-10-5-4-8-24(26)31/h4-14,16,18,28-29H,15,17H2,1-3H3,(H,33,37)(H,34,38)/t28-,29-/m0/s1. The molecule has 0 aliphatic carbocycles. The summed E-state index contributed by atoms with van der Waals surface area (Å²) in [4.78, 5) is 19.6. The highest BCUT2D eigenvalue weighted by Crippen LogP contribution is 2.41. The van der Waals surface area contributed by atoms with E-state index in [9.17, 15) is 4.79 Å². The summed E-state index contributed by atoms with van der Waals surface area (Å²) in [5, 5.41) is 7.78. The first kappa shape index (κ1) is 25.9. The summed E-state index contributed by atoms with van der Waals surface area (Å²) in [6, 6.07) is 23.4. The van der Waals surface area contributed by atoms with Crippen LogP contribution in [0.15, 0.2) is 79.0 Å². The van der Waals surface area contributed by atoms with Crippen molar-refractivity contribution in [2.75, 3.05) is 11.9 Å². The van der Waals surface area contributed by atoms with Gasteiger partial charge in [-0.3, -0.25) is 9.78 Å². The molecule has 4 aromatic rings. The van der Waals surface area contributed by atoms with E-state index in [0.717, 1.165) is 39.6 Å². The molecule has 0 radical (unpaired) electrons. The Bertz CT molecular complexity index is 1470. The Kier molecular flexibility index (Phi) is 7.49. The fourth-order valence-corrected chi connectivity index (χ4v) is 5.71. The molecule has 5 rings (SSSR count). The van der Waals surface area contributed by atoms with Gasteiger partial charge in [-0.2, -0.15) is 0 Å². The number of carbonyl (C=O) groups excluding carboxylic acids is 1. The summed E-state index contributed by atoms with van der Waals surface area (Å²) in [5.74, 6) is -0.0572. The van der Waals surface area contributed by atoms with E-state index in [1.165, 1.54) is 0 Å². The van der Waals surface area contributed by atoms with Gasteiger partial charge in [-0.15, -0.1) is 0 Å². The van der Waals surface area contributed by atoms with Gasteiger partial charge in [0.2, 0.25) is 5.91 Å². The van der Waals surface area contributed by atoms with Crippen LogP contribution in [-0.2, 0) is 4.79 Å². The fraction of sp³-hybridized carbons (Fsp3) is 0.233. The number of thiocarbonyl (C=S) groups is 1. The predicted molar refractivity (Wildman–Crippen MR) is 157 cm³/mol. The maximum atomic E-state index is 12.9. The zero-order chi connectivity index (χ0) is 26.8. The third kappa shape index (κ3) is 5.17. The highest BCUT2D eigenvalue weighted by Gasteiger charge is 2.41. The van der Waals surface area contributed by atoms with Crippen molar-refractivity contribution in [1.29, 1.82) is 0 Å². The van der Waals surface area contributed by atoms with Crippen LogP contribution in [0.5, 0.6) is 0 Å². The van der Waals surface area contributed by atoms with E-state index in [1.807, 2.05) is 73.7 Å². The second-order valence-corrected chi connectivity index (χ2v) is 10.4. The second kappa shape index (κ2) is 11.0. The Hall–Kier alpha value is -3.68. The number of rotatable bonds is 7. The molecule has 1 aliphatic rings. The van der Waals surface area contributed by atoms with Crippen molar-refractivity contribution in [3.63, 3.8) is 0 Å². The van der Waals surface area contributed by atoms with Crippen LogP contribution in [0.25, 0.3) is 5.69 Å². The maximum absolute atomic E-state index is 12.9. The van der Waals surface area contributed by atoms with Gasteiger partial charge in [-0.1, -0.05) is 47.5 Å². The number of aromatic nitrogens is 2. The summed E-state index contributed by atoms with van der Waals surface area (Å²) in [6.45, 7) is 6.67. The molecule has 0 spiro atoms. The molecule has 1 saturated heterocycles. The smallest absolute Gasteiger partial charge is 0.226 e. The number of hydrogen-bond donors (Lipinski definition) is 2. The van der Waals surface area contributed by atoms with Crippen LogP contribution in [0.2, 0.25) is 5.02 Å². The van der Waals surface area contributed by atoms with E-state index in [1.54, 1.807) is 6.20 Å². The van der Waals surface area contributed by atoms with E-state index < -0.39 is 0 Å². The zero-order valence-corrected chi connectivity index (χ0v) is 23.2. The number of nitrogens with zero attached hydrogens (tertiary/aromatic N) is 3. The molecule has 1 fully saturated rings. The number of halogens is 1. The SMILES string of the molecule is Cc1ccc(NC(=O)CCN2C(=S)N[C@@H](c3ccccn3)[C@@H]2c2cc(C)n(-c3ccccc3Cl)c2C)cc1. The van der Waals surface area contributed by atoms with Crippen LogP contribution in [0.4, 0.5) is 5.69 Å². The predicted octanol–water partition coefficient (Wildman–Crippen LogP) is 6.45. The van der Waals surface area contributed by atoms with Crippen LogP contribution in [0.3, 0.4) is 0 Å². The van der Waals surface area contributed by atoms with Gasteiger partial charge in [-0.05, 0) is 81.0 Å². The summed E-state index contributed by atoms with van der Waals surface area (Å²) in [7, 11) is 0. The van der Waals surface area contributed by atoms with Gasteiger partial charge in [-0.25, -0.2) is 0 Å². The molecule has 2 N–H and O–H groups in total. The molecule has 2 atom stereocenters. The number of para-hydroxylation sites is 1. The van der Waals surface area contributed by atoms with Crippen LogP contribution in [-0.4, -0.2) is 32.0 Å². The van der Waals surface area contributed by atoms with Crippen molar-refractivity contribution in [1.82, 2.24) is 19.8 Å². The molecule has 6 nitrogen and oxygen atoms in total. The van der Waals surface area contributed by atoms with Crippen LogP contribution in [0.1, 0.15) is 46.7 Å². The number of benzene rings is 2. The Labute approximate surface area is 233 Å². The first-order valence-corrected chi connectivity index (χ1v) is 13.4. The topological polar surface area (TPSA) is 62.2 Å². The Balaban J connectivity index is 1.47. The molecule has 0 unspecified atom stereocenters. The van der Waals surface area contributed by atoms with Gasteiger partial charge in [0, 0.05) is 36.2 Å². The molecule has 8 heteroatoms.